The van der Waals surface area contributed by atoms with Crippen molar-refractivity contribution in [1.29, 1.82) is 0 Å². The van der Waals surface area contributed by atoms with Crippen LogP contribution in [0.4, 0.5) is 0 Å². The summed E-state index contributed by atoms with van der Waals surface area (Å²) < 4.78 is 0. The molecule has 4 N–H and O–H groups in total. The summed E-state index contributed by atoms with van der Waals surface area (Å²) in [6, 6.07) is 12.7. The number of likely N-dealkylation sites (tertiary alicyclic amines) is 1. The molecule has 3 aromatic rings. The predicted molar refractivity (Wildman–Crippen MR) is 118 cm³/mol. The Morgan fingerprint density at radius 2 is 1.80 bits per heavy atom. The largest absolute Gasteiger partial charge is 0.508 e. The van der Waals surface area contributed by atoms with Gasteiger partial charge < -0.3 is 25.4 Å². The highest BCUT2D eigenvalue weighted by atomic mass is 16.3. The Bertz CT molecular complexity index is 1020. The molecule has 0 bridgehead atoms. The average Bonchev–Trinajstić information content (AvgIpc) is 3.06. The summed E-state index contributed by atoms with van der Waals surface area (Å²) in [7, 11) is 0. The summed E-state index contributed by atoms with van der Waals surface area (Å²) in [5.41, 5.74) is 3.55. The number of fused-ring (bicyclic) bond motifs is 1. The first-order chi connectivity index (χ1) is 14.5. The molecule has 0 aliphatic carbocycles. The van der Waals surface area contributed by atoms with E-state index < -0.39 is 0 Å². The molecule has 1 aliphatic rings. The maximum Gasteiger partial charge on any atom is 0.253 e. The smallest absolute Gasteiger partial charge is 0.253 e. The second kappa shape index (κ2) is 8.79. The van der Waals surface area contributed by atoms with Gasteiger partial charge in [0.25, 0.3) is 5.91 Å². The SMILES string of the molecule is Cc1[nH]c2ccc(O)cc2c1C(=O)NC1CCN(CCCc2ccc(O)cc2)CC1. The predicted octanol–water partition coefficient (Wildman–Crippen LogP) is 3.71. The van der Waals surface area contributed by atoms with Crippen molar-refractivity contribution < 1.29 is 15.0 Å². The lowest BCUT2D eigenvalue weighted by Gasteiger charge is -2.32. The maximum absolute atomic E-state index is 12.9. The molecular weight excluding hydrogens is 378 g/mol. The number of hydrogen-bond acceptors (Lipinski definition) is 4. The Balaban J connectivity index is 1.27. The molecule has 2 aromatic carbocycles. The van der Waals surface area contributed by atoms with Crippen molar-refractivity contribution in [2.24, 2.45) is 0 Å². The van der Waals surface area contributed by atoms with E-state index in [1.54, 1.807) is 30.3 Å². The van der Waals surface area contributed by atoms with Crippen LogP contribution in [-0.2, 0) is 6.42 Å². The summed E-state index contributed by atoms with van der Waals surface area (Å²) in [5.74, 6) is 0.397. The van der Waals surface area contributed by atoms with Gasteiger partial charge in [-0.25, -0.2) is 0 Å². The van der Waals surface area contributed by atoms with Crippen LogP contribution in [0.1, 0.15) is 40.9 Å². The van der Waals surface area contributed by atoms with Crippen LogP contribution in [-0.4, -0.2) is 51.7 Å². The summed E-state index contributed by atoms with van der Waals surface area (Å²) >= 11 is 0. The minimum absolute atomic E-state index is 0.0740. The Kier molecular flexibility index (Phi) is 5.95. The highest BCUT2D eigenvalue weighted by molar-refractivity contribution is 6.08. The number of carbonyl (C=O) groups is 1. The molecule has 0 radical (unpaired) electrons. The molecule has 30 heavy (non-hydrogen) atoms. The average molecular weight is 408 g/mol. The molecule has 1 aromatic heterocycles. The van der Waals surface area contributed by atoms with Crippen molar-refractivity contribution >= 4 is 16.8 Å². The monoisotopic (exact) mass is 407 g/mol. The van der Waals surface area contributed by atoms with Gasteiger partial charge in [0.1, 0.15) is 11.5 Å². The zero-order valence-electron chi connectivity index (χ0n) is 17.3. The van der Waals surface area contributed by atoms with Crippen LogP contribution >= 0.6 is 0 Å². The van der Waals surface area contributed by atoms with Gasteiger partial charge in [-0.3, -0.25) is 4.79 Å². The number of aromatic hydroxyl groups is 2. The Morgan fingerprint density at radius 1 is 1.10 bits per heavy atom. The Hall–Kier alpha value is -2.99. The van der Waals surface area contributed by atoms with Crippen LogP contribution in [0, 0.1) is 6.92 Å². The Morgan fingerprint density at radius 3 is 2.53 bits per heavy atom. The van der Waals surface area contributed by atoms with E-state index in [1.165, 1.54) is 5.56 Å². The fourth-order valence-electron chi connectivity index (χ4n) is 4.34. The number of phenols is 2. The number of phenolic OH excluding ortho intramolecular Hbond substituents is 2. The second-order valence-corrected chi connectivity index (χ2v) is 8.21. The van der Waals surface area contributed by atoms with Crippen LogP contribution in [0.5, 0.6) is 11.5 Å². The zero-order valence-corrected chi connectivity index (χ0v) is 17.3. The minimum atomic E-state index is -0.0740. The summed E-state index contributed by atoms with van der Waals surface area (Å²) in [6.07, 6.45) is 3.97. The molecule has 0 unspecified atom stereocenters. The maximum atomic E-state index is 12.9. The summed E-state index contributed by atoms with van der Waals surface area (Å²) in [5, 5.41) is 23.1. The van der Waals surface area contributed by atoms with Crippen molar-refractivity contribution in [3.8, 4) is 11.5 Å². The number of aryl methyl sites for hydroxylation is 2. The van der Waals surface area contributed by atoms with Gasteiger partial charge in [-0.1, -0.05) is 12.1 Å². The van der Waals surface area contributed by atoms with Gasteiger partial charge in [-0.2, -0.15) is 0 Å². The molecular formula is C24H29N3O3. The van der Waals surface area contributed by atoms with Gasteiger partial charge in [0.15, 0.2) is 0 Å². The summed E-state index contributed by atoms with van der Waals surface area (Å²) in [6.45, 7) is 4.90. The highest BCUT2D eigenvalue weighted by Crippen LogP contribution is 2.26. The number of carbonyl (C=O) groups excluding carboxylic acids is 1. The standard InChI is InChI=1S/C24H29N3O3/c1-16-23(21-15-20(29)8-9-22(21)25-16)24(30)26-18-10-13-27(14-11-18)12-2-3-17-4-6-19(28)7-5-17/h4-9,15,18,25,28-29H,2-3,10-14H2,1H3,(H,26,30). The van der Waals surface area contributed by atoms with E-state index in [-0.39, 0.29) is 17.7 Å². The van der Waals surface area contributed by atoms with Gasteiger partial charge in [0.05, 0.1) is 5.56 Å². The molecule has 4 rings (SSSR count). The van der Waals surface area contributed by atoms with E-state index in [1.807, 2.05) is 19.1 Å². The first-order valence-corrected chi connectivity index (χ1v) is 10.6. The van der Waals surface area contributed by atoms with Gasteiger partial charge in [-0.05, 0) is 75.0 Å². The van der Waals surface area contributed by atoms with E-state index in [0.717, 1.165) is 61.9 Å². The third kappa shape index (κ3) is 4.60. The van der Waals surface area contributed by atoms with Crippen molar-refractivity contribution in [3.05, 3.63) is 59.3 Å². The van der Waals surface area contributed by atoms with E-state index >= 15 is 0 Å². The molecule has 6 heteroatoms. The number of nitrogens with one attached hydrogen (secondary N) is 2. The number of nitrogens with zero attached hydrogens (tertiary/aromatic N) is 1. The first kappa shape index (κ1) is 20.3. The van der Waals surface area contributed by atoms with Crippen LogP contribution in [0.2, 0.25) is 0 Å². The van der Waals surface area contributed by atoms with Crippen LogP contribution in [0.3, 0.4) is 0 Å². The van der Waals surface area contributed by atoms with Crippen LogP contribution in [0.15, 0.2) is 42.5 Å². The van der Waals surface area contributed by atoms with E-state index in [0.29, 0.717) is 11.3 Å². The molecule has 0 atom stereocenters. The number of aromatic amines is 1. The van der Waals surface area contributed by atoms with E-state index in [2.05, 4.69) is 15.2 Å². The van der Waals surface area contributed by atoms with Crippen molar-refractivity contribution in [3.63, 3.8) is 0 Å². The number of hydrogen-bond donors (Lipinski definition) is 4. The topological polar surface area (TPSA) is 88.6 Å². The lowest BCUT2D eigenvalue weighted by Crippen LogP contribution is -2.45. The number of benzene rings is 2. The first-order valence-electron chi connectivity index (χ1n) is 10.6. The fourth-order valence-corrected chi connectivity index (χ4v) is 4.34. The molecule has 1 aliphatic heterocycles. The molecule has 6 nitrogen and oxygen atoms in total. The normalized spacial score (nSPS) is 15.5. The Labute approximate surface area is 176 Å². The minimum Gasteiger partial charge on any atom is -0.508 e. The molecule has 1 saturated heterocycles. The second-order valence-electron chi connectivity index (χ2n) is 8.21. The number of aromatic nitrogens is 1. The lowest BCUT2D eigenvalue weighted by atomic mass is 10.0. The lowest BCUT2D eigenvalue weighted by molar-refractivity contribution is 0.0912. The van der Waals surface area contributed by atoms with Crippen molar-refractivity contribution in [1.82, 2.24) is 15.2 Å². The third-order valence-electron chi connectivity index (χ3n) is 6.00. The van der Waals surface area contributed by atoms with Gasteiger partial charge in [-0.15, -0.1) is 0 Å². The van der Waals surface area contributed by atoms with Gasteiger partial charge >= 0.3 is 0 Å². The van der Waals surface area contributed by atoms with Crippen LogP contribution < -0.4 is 5.32 Å². The van der Waals surface area contributed by atoms with Crippen molar-refractivity contribution in [2.75, 3.05) is 19.6 Å². The molecule has 158 valence electrons. The molecule has 2 heterocycles. The van der Waals surface area contributed by atoms with Gasteiger partial charge in [0.2, 0.25) is 0 Å². The van der Waals surface area contributed by atoms with Crippen LogP contribution in [0.25, 0.3) is 10.9 Å². The molecule has 1 amide bonds. The number of amides is 1. The zero-order chi connectivity index (χ0) is 21.1. The fraction of sp³-hybridized carbons (Fsp3) is 0.375. The number of H-pyrrole nitrogens is 1. The molecule has 0 spiro atoms. The van der Waals surface area contributed by atoms with Gasteiger partial charge in [0, 0.05) is 35.7 Å². The van der Waals surface area contributed by atoms with E-state index in [9.17, 15) is 15.0 Å². The summed E-state index contributed by atoms with van der Waals surface area (Å²) in [4.78, 5) is 18.6. The third-order valence-corrected chi connectivity index (χ3v) is 6.00. The van der Waals surface area contributed by atoms with Crippen molar-refractivity contribution in [2.45, 2.75) is 38.6 Å². The molecule has 0 saturated carbocycles. The quantitative estimate of drug-likeness (QED) is 0.502. The highest BCUT2D eigenvalue weighted by Gasteiger charge is 2.23. The van der Waals surface area contributed by atoms with E-state index in [4.69, 9.17) is 0 Å². The number of rotatable bonds is 6. The molecule has 1 fully saturated rings. The number of piperidine rings is 1.